The second-order valence-electron chi connectivity index (χ2n) is 5.12. The monoisotopic (exact) mass is 239 g/mol. The van der Waals surface area contributed by atoms with Gasteiger partial charge in [0.05, 0.1) is 0 Å². The van der Waals surface area contributed by atoms with E-state index in [0.29, 0.717) is 6.54 Å². The Balaban J connectivity index is 2.68. The van der Waals surface area contributed by atoms with Crippen LogP contribution in [0.4, 0.5) is 0 Å². The Morgan fingerprint density at radius 2 is 1.44 bits per heavy atom. The van der Waals surface area contributed by atoms with E-state index in [1.807, 2.05) is 0 Å². The summed E-state index contributed by atoms with van der Waals surface area (Å²) in [5.74, 6) is 0. The summed E-state index contributed by atoms with van der Waals surface area (Å²) in [6, 6.07) is 11.0. The van der Waals surface area contributed by atoms with Crippen LogP contribution >= 0.6 is 0 Å². The fourth-order valence-corrected chi connectivity index (χ4v) is 2.37. The molecule has 0 spiro atoms. The van der Waals surface area contributed by atoms with Crippen molar-refractivity contribution in [3.05, 3.63) is 58.1 Å². The molecule has 0 saturated carbocycles. The minimum atomic E-state index is 0.585. The van der Waals surface area contributed by atoms with Crippen LogP contribution in [-0.4, -0.2) is 0 Å². The van der Waals surface area contributed by atoms with Crippen molar-refractivity contribution in [2.45, 2.75) is 34.2 Å². The maximum Gasteiger partial charge on any atom is 0.0184 e. The van der Waals surface area contributed by atoms with E-state index in [1.165, 1.54) is 38.9 Å². The normalized spacial score (nSPS) is 10.7. The molecule has 18 heavy (non-hydrogen) atoms. The Hall–Kier alpha value is -1.60. The number of hydrogen-bond donors (Lipinski definition) is 1. The van der Waals surface area contributed by atoms with Crippen molar-refractivity contribution in [2.24, 2.45) is 5.73 Å². The van der Waals surface area contributed by atoms with E-state index >= 15 is 0 Å². The van der Waals surface area contributed by atoms with Crippen molar-refractivity contribution < 1.29 is 0 Å². The molecule has 0 aromatic heterocycles. The van der Waals surface area contributed by atoms with Gasteiger partial charge in [-0.3, -0.25) is 0 Å². The van der Waals surface area contributed by atoms with E-state index < -0.39 is 0 Å². The molecule has 1 heteroatoms. The average molecular weight is 239 g/mol. The molecule has 0 aliphatic rings. The first-order valence-electron chi connectivity index (χ1n) is 6.40. The Bertz CT molecular complexity index is 582. The Labute approximate surface area is 110 Å². The third-order valence-electron chi connectivity index (χ3n) is 3.62. The van der Waals surface area contributed by atoms with E-state index in [9.17, 15) is 0 Å². The zero-order valence-corrected chi connectivity index (χ0v) is 11.7. The van der Waals surface area contributed by atoms with E-state index in [0.717, 1.165) is 0 Å². The van der Waals surface area contributed by atoms with Gasteiger partial charge in [0, 0.05) is 6.54 Å². The van der Waals surface area contributed by atoms with Gasteiger partial charge in [0.1, 0.15) is 0 Å². The van der Waals surface area contributed by atoms with Crippen molar-refractivity contribution in [1.82, 2.24) is 0 Å². The zero-order chi connectivity index (χ0) is 13.3. The zero-order valence-electron chi connectivity index (χ0n) is 11.7. The molecule has 94 valence electrons. The average Bonchev–Trinajstić information content (AvgIpc) is 2.34. The van der Waals surface area contributed by atoms with Gasteiger partial charge < -0.3 is 5.73 Å². The second kappa shape index (κ2) is 4.95. The van der Waals surface area contributed by atoms with Gasteiger partial charge in [0.25, 0.3) is 0 Å². The van der Waals surface area contributed by atoms with Crippen molar-refractivity contribution in [3.63, 3.8) is 0 Å². The molecule has 0 amide bonds. The van der Waals surface area contributed by atoms with Crippen LogP contribution in [0.1, 0.15) is 27.8 Å². The highest BCUT2D eigenvalue weighted by Crippen LogP contribution is 2.30. The standard InChI is InChI=1S/C17H21N/c1-11-5-6-15(10-18)17(7-11)16-9-13(3)12(2)8-14(16)4/h5-9H,10,18H2,1-4H3. The number of aryl methyl sites for hydroxylation is 4. The van der Waals surface area contributed by atoms with Gasteiger partial charge >= 0.3 is 0 Å². The molecular formula is C17H21N. The predicted molar refractivity (Wildman–Crippen MR) is 78.7 cm³/mol. The molecule has 0 radical (unpaired) electrons. The molecule has 0 atom stereocenters. The molecule has 2 N–H and O–H groups in total. The number of nitrogens with two attached hydrogens (primary N) is 1. The van der Waals surface area contributed by atoms with Gasteiger partial charge in [-0.05, 0) is 61.1 Å². The van der Waals surface area contributed by atoms with Crippen LogP contribution in [0, 0.1) is 27.7 Å². The van der Waals surface area contributed by atoms with Crippen molar-refractivity contribution >= 4 is 0 Å². The maximum atomic E-state index is 5.86. The summed E-state index contributed by atoms with van der Waals surface area (Å²) in [5.41, 5.74) is 14.9. The van der Waals surface area contributed by atoms with Crippen LogP contribution in [-0.2, 0) is 6.54 Å². The summed E-state index contributed by atoms with van der Waals surface area (Å²) in [6.45, 7) is 9.20. The molecule has 0 bridgehead atoms. The molecule has 0 fully saturated rings. The molecular weight excluding hydrogens is 218 g/mol. The number of hydrogen-bond acceptors (Lipinski definition) is 1. The van der Waals surface area contributed by atoms with Crippen LogP contribution in [0.5, 0.6) is 0 Å². The largest absolute Gasteiger partial charge is 0.326 e. The van der Waals surface area contributed by atoms with Crippen molar-refractivity contribution in [2.75, 3.05) is 0 Å². The third-order valence-corrected chi connectivity index (χ3v) is 3.62. The fourth-order valence-electron chi connectivity index (χ4n) is 2.37. The first kappa shape index (κ1) is 12.8. The molecule has 2 aromatic rings. The summed E-state index contributed by atoms with van der Waals surface area (Å²) < 4.78 is 0. The molecule has 2 rings (SSSR count). The van der Waals surface area contributed by atoms with Crippen LogP contribution < -0.4 is 5.73 Å². The van der Waals surface area contributed by atoms with Gasteiger partial charge in [-0.1, -0.05) is 35.9 Å². The molecule has 1 nitrogen and oxygen atoms in total. The highest BCUT2D eigenvalue weighted by Gasteiger charge is 2.08. The Morgan fingerprint density at radius 1 is 0.778 bits per heavy atom. The molecule has 2 aromatic carbocycles. The van der Waals surface area contributed by atoms with E-state index in [2.05, 4.69) is 58.0 Å². The lowest BCUT2D eigenvalue weighted by Gasteiger charge is -2.14. The number of benzene rings is 2. The lowest BCUT2D eigenvalue weighted by molar-refractivity contribution is 1.07. The lowest BCUT2D eigenvalue weighted by atomic mass is 9.91. The maximum absolute atomic E-state index is 5.86. The van der Waals surface area contributed by atoms with Gasteiger partial charge in [-0.25, -0.2) is 0 Å². The lowest BCUT2D eigenvalue weighted by Crippen LogP contribution is -2.00. The van der Waals surface area contributed by atoms with Gasteiger partial charge in [-0.2, -0.15) is 0 Å². The highest BCUT2D eigenvalue weighted by molar-refractivity contribution is 5.72. The van der Waals surface area contributed by atoms with E-state index in [-0.39, 0.29) is 0 Å². The summed E-state index contributed by atoms with van der Waals surface area (Å²) in [7, 11) is 0. The number of rotatable bonds is 2. The van der Waals surface area contributed by atoms with E-state index in [1.54, 1.807) is 0 Å². The Morgan fingerprint density at radius 3 is 2.11 bits per heavy atom. The molecule has 0 aliphatic carbocycles. The molecule has 0 saturated heterocycles. The fraction of sp³-hybridized carbons (Fsp3) is 0.294. The summed E-state index contributed by atoms with van der Waals surface area (Å²) in [5, 5.41) is 0. The second-order valence-corrected chi connectivity index (χ2v) is 5.12. The van der Waals surface area contributed by atoms with Crippen LogP contribution in [0.2, 0.25) is 0 Å². The predicted octanol–water partition coefficient (Wildman–Crippen LogP) is 4.05. The summed E-state index contributed by atoms with van der Waals surface area (Å²) in [4.78, 5) is 0. The molecule has 0 aliphatic heterocycles. The van der Waals surface area contributed by atoms with Crippen LogP contribution in [0.25, 0.3) is 11.1 Å². The summed E-state index contributed by atoms with van der Waals surface area (Å²) >= 11 is 0. The van der Waals surface area contributed by atoms with Crippen molar-refractivity contribution in [3.8, 4) is 11.1 Å². The minimum Gasteiger partial charge on any atom is -0.326 e. The third kappa shape index (κ3) is 2.32. The smallest absolute Gasteiger partial charge is 0.0184 e. The topological polar surface area (TPSA) is 26.0 Å². The van der Waals surface area contributed by atoms with Gasteiger partial charge in [0.2, 0.25) is 0 Å². The first-order chi connectivity index (χ1) is 8.52. The molecule has 0 unspecified atom stereocenters. The minimum absolute atomic E-state index is 0.585. The SMILES string of the molecule is Cc1ccc(CN)c(-c2cc(C)c(C)cc2C)c1. The van der Waals surface area contributed by atoms with Gasteiger partial charge in [-0.15, -0.1) is 0 Å². The van der Waals surface area contributed by atoms with E-state index in [4.69, 9.17) is 5.73 Å². The van der Waals surface area contributed by atoms with Gasteiger partial charge in [0.15, 0.2) is 0 Å². The molecule has 0 heterocycles. The highest BCUT2D eigenvalue weighted by atomic mass is 14.5. The van der Waals surface area contributed by atoms with Crippen LogP contribution in [0.15, 0.2) is 30.3 Å². The van der Waals surface area contributed by atoms with Crippen molar-refractivity contribution in [1.29, 1.82) is 0 Å². The Kier molecular flexibility index (Phi) is 3.53. The van der Waals surface area contributed by atoms with Crippen LogP contribution in [0.3, 0.4) is 0 Å². The quantitative estimate of drug-likeness (QED) is 0.840. The first-order valence-corrected chi connectivity index (χ1v) is 6.40. The summed E-state index contributed by atoms with van der Waals surface area (Å²) in [6.07, 6.45) is 0.